The zero-order valence-corrected chi connectivity index (χ0v) is 15.1. The van der Waals surface area contributed by atoms with Gasteiger partial charge in [-0.1, -0.05) is 0 Å². The number of ether oxygens (including phenoxy) is 1. The van der Waals surface area contributed by atoms with Crippen molar-refractivity contribution in [1.29, 1.82) is 0 Å². The summed E-state index contributed by atoms with van der Waals surface area (Å²) in [5.74, 6) is 0.166. The highest BCUT2D eigenvalue weighted by Gasteiger charge is 2.28. The van der Waals surface area contributed by atoms with Crippen LogP contribution < -0.4 is 0 Å². The molecule has 2 heterocycles. The van der Waals surface area contributed by atoms with Gasteiger partial charge in [0.2, 0.25) is 5.91 Å². The van der Waals surface area contributed by atoms with Gasteiger partial charge in [0.05, 0.1) is 5.38 Å². The average molecular weight is 346 g/mol. The van der Waals surface area contributed by atoms with E-state index in [2.05, 4.69) is 4.90 Å². The van der Waals surface area contributed by atoms with E-state index in [0.29, 0.717) is 26.1 Å². The third-order valence-electron chi connectivity index (χ3n) is 4.09. The Kier molecular flexibility index (Phi) is 6.14. The first-order chi connectivity index (χ1) is 10.7. The highest BCUT2D eigenvalue weighted by Crippen LogP contribution is 2.16. The lowest BCUT2D eigenvalue weighted by Gasteiger charge is -2.35. The van der Waals surface area contributed by atoms with E-state index in [-0.39, 0.29) is 17.4 Å². The van der Waals surface area contributed by atoms with Gasteiger partial charge in [0.15, 0.2) is 0 Å². The molecule has 23 heavy (non-hydrogen) atoms. The maximum Gasteiger partial charge on any atom is 0.410 e. The van der Waals surface area contributed by atoms with Crippen molar-refractivity contribution in [3.05, 3.63) is 0 Å². The molecule has 2 fully saturated rings. The first kappa shape index (κ1) is 18.3. The fourth-order valence-corrected chi connectivity index (χ4v) is 3.20. The highest BCUT2D eigenvalue weighted by molar-refractivity contribution is 6.22. The molecule has 0 aromatic carbocycles. The second-order valence-electron chi connectivity index (χ2n) is 7.30. The highest BCUT2D eigenvalue weighted by atomic mass is 35.5. The lowest BCUT2D eigenvalue weighted by atomic mass is 10.2. The molecule has 2 aliphatic heterocycles. The van der Waals surface area contributed by atoms with E-state index in [0.717, 1.165) is 32.6 Å². The van der Waals surface area contributed by atoms with Crippen LogP contribution in [0.2, 0.25) is 0 Å². The molecule has 1 atom stereocenters. The topological polar surface area (TPSA) is 53.1 Å². The minimum absolute atomic E-state index is 0.0279. The van der Waals surface area contributed by atoms with E-state index in [1.54, 1.807) is 4.90 Å². The second kappa shape index (κ2) is 7.71. The number of carbonyl (C=O) groups excluding carboxylic acids is 2. The number of halogens is 1. The van der Waals surface area contributed by atoms with Crippen LogP contribution in [-0.2, 0) is 9.53 Å². The Hall–Kier alpha value is -1.01. The van der Waals surface area contributed by atoms with Crippen molar-refractivity contribution in [3.63, 3.8) is 0 Å². The largest absolute Gasteiger partial charge is 0.444 e. The third kappa shape index (κ3) is 5.84. The number of hydrogen-bond donors (Lipinski definition) is 0. The minimum Gasteiger partial charge on any atom is -0.444 e. The van der Waals surface area contributed by atoms with Crippen molar-refractivity contribution in [2.45, 2.75) is 44.6 Å². The summed E-state index contributed by atoms with van der Waals surface area (Å²) in [6.07, 6.45) is 1.19. The molecular formula is C16H28ClN3O3. The summed E-state index contributed by atoms with van der Waals surface area (Å²) >= 11 is 6.00. The SMILES string of the molecule is CC(C)(C)OC(=O)N1CCN(CCCN2CC(Cl)CC2=O)CC1. The maximum absolute atomic E-state index is 12.0. The normalized spacial score (nSPS) is 23.5. The molecular weight excluding hydrogens is 318 g/mol. The standard InChI is InChI=1S/C16H28ClN3O3/c1-16(2,3)23-15(22)19-9-7-18(8-10-19)5-4-6-20-12-13(17)11-14(20)21/h13H,4-12H2,1-3H3. The lowest BCUT2D eigenvalue weighted by Crippen LogP contribution is -2.50. The van der Waals surface area contributed by atoms with Crippen molar-refractivity contribution in [2.24, 2.45) is 0 Å². The monoisotopic (exact) mass is 345 g/mol. The Morgan fingerprint density at radius 1 is 1.22 bits per heavy atom. The number of piperazine rings is 1. The molecule has 6 nitrogen and oxygen atoms in total. The molecule has 132 valence electrons. The smallest absolute Gasteiger partial charge is 0.410 e. The van der Waals surface area contributed by atoms with Crippen LogP contribution in [0.3, 0.4) is 0 Å². The van der Waals surface area contributed by atoms with Gasteiger partial charge >= 0.3 is 6.09 Å². The maximum atomic E-state index is 12.0. The molecule has 2 rings (SSSR count). The van der Waals surface area contributed by atoms with Crippen LogP contribution in [0.1, 0.15) is 33.6 Å². The molecule has 2 saturated heterocycles. The average Bonchev–Trinajstić information content (AvgIpc) is 2.76. The van der Waals surface area contributed by atoms with Crippen molar-refractivity contribution in [3.8, 4) is 0 Å². The fourth-order valence-electron chi connectivity index (χ4n) is 2.91. The summed E-state index contributed by atoms with van der Waals surface area (Å²) in [6.45, 7) is 11.1. The number of hydrogen-bond acceptors (Lipinski definition) is 4. The Labute approximate surface area is 143 Å². The van der Waals surface area contributed by atoms with Crippen LogP contribution >= 0.6 is 11.6 Å². The van der Waals surface area contributed by atoms with Gasteiger partial charge in [0.1, 0.15) is 5.60 Å². The van der Waals surface area contributed by atoms with Crippen LogP contribution in [0.4, 0.5) is 4.79 Å². The van der Waals surface area contributed by atoms with E-state index >= 15 is 0 Å². The van der Waals surface area contributed by atoms with E-state index < -0.39 is 5.60 Å². The van der Waals surface area contributed by atoms with Gasteiger partial charge in [-0.15, -0.1) is 11.6 Å². The van der Waals surface area contributed by atoms with Gasteiger partial charge in [-0.3, -0.25) is 9.69 Å². The van der Waals surface area contributed by atoms with Crippen molar-refractivity contribution in [1.82, 2.24) is 14.7 Å². The molecule has 0 aromatic heterocycles. The number of amides is 2. The molecule has 0 N–H and O–H groups in total. The predicted molar refractivity (Wildman–Crippen MR) is 89.7 cm³/mol. The van der Waals surface area contributed by atoms with Crippen LogP contribution in [0.15, 0.2) is 0 Å². The third-order valence-corrected chi connectivity index (χ3v) is 4.39. The zero-order valence-electron chi connectivity index (χ0n) is 14.4. The van der Waals surface area contributed by atoms with Crippen LogP contribution in [0.25, 0.3) is 0 Å². The van der Waals surface area contributed by atoms with Gasteiger partial charge in [-0.05, 0) is 33.7 Å². The number of carbonyl (C=O) groups is 2. The molecule has 0 bridgehead atoms. The molecule has 0 spiro atoms. The van der Waals surface area contributed by atoms with Gasteiger partial charge in [0.25, 0.3) is 0 Å². The zero-order chi connectivity index (χ0) is 17.0. The summed E-state index contributed by atoms with van der Waals surface area (Å²) in [4.78, 5) is 29.6. The van der Waals surface area contributed by atoms with Crippen LogP contribution in [-0.4, -0.2) is 83.5 Å². The Morgan fingerprint density at radius 2 is 1.87 bits per heavy atom. The quantitative estimate of drug-likeness (QED) is 0.729. The number of alkyl halides is 1. The number of likely N-dealkylation sites (tertiary alicyclic amines) is 1. The van der Waals surface area contributed by atoms with Crippen molar-refractivity contribution in [2.75, 3.05) is 45.8 Å². The summed E-state index contributed by atoms with van der Waals surface area (Å²) in [7, 11) is 0. The van der Waals surface area contributed by atoms with E-state index in [1.807, 2.05) is 25.7 Å². The van der Waals surface area contributed by atoms with E-state index in [9.17, 15) is 9.59 Å². The summed E-state index contributed by atoms with van der Waals surface area (Å²) in [6, 6.07) is 0. The molecule has 1 unspecified atom stereocenters. The second-order valence-corrected chi connectivity index (χ2v) is 7.92. The van der Waals surface area contributed by atoms with Crippen molar-refractivity contribution >= 4 is 23.6 Å². The Morgan fingerprint density at radius 3 is 2.39 bits per heavy atom. The summed E-state index contributed by atoms with van der Waals surface area (Å²) < 4.78 is 5.39. The molecule has 7 heteroatoms. The number of nitrogens with zero attached hydrogens (tertiary/aromatic N) is 3. The van der Waals surface area contributed by atoms with Crippen molar-refractivity contribution < 1.29 is 14.3 Å². The summed E-state index contributed by atoms with van der Waals surface area (Å²) in [5.41, 5.74) is -0.448. The van der Waals surface area contributed by atoms with E-state index in [4.69, 9.17) is 16.3 Å². The Balaban J connectivity index is 1.63. The van der Waals surface area contributed by atoms with Crippen LogP contribution in [0, 0.1) is 0 Å². The van der Waals surface area contributed by atoms with Crippen LogP contribution in [0.5, 0.6) is 0 Å². The van der Waals surface area contributed by atoms with Gasteiger partial charge in [-0.25, -0.2) is 4.79 Å². The van der Waals surface area contributed by atoms with E-state index in [1.165, 1.54) is 0 Å². The predicted octanol–water partition coefficient (Wildman–Crippen LogP) is 1.77. The van der Waals surface area contributed by atoms with Gasteiger partial charge in [-0.2, -0.15) is 0 Å². The number of rotatable bonds is 4. The Bertz CT molecular complexity index is 431. The van der Waals surface area contributed by atoms with Gasteiger partial charge < -0.3 is 14.5 Å². The molecule has 2 amide bonds. The molecule has 0 aromatic rings. The molecule has 0 radical (unpaired) electrons. The molecule has 0 saturated carbocycles. The fraction of sp³-hybridized carbons (Fsp3) is 0.875. The van der Waals surface area contributed by atoms with Gasteiger partial charge in [0, 0.05) is 45.7 Å². The molecule has 0 aliphatic carbocycles. The lowest BCUT2D eigenvalue weighted by molar-refractivity contribution is -0.127. The first-order valence-corrected chi connectivity index (χ1v) is 8.80. The summed E-state index contributed by atoms with van der Waals surface area (Å²) in [5, 5.41) is -0.0279. The minimum atomic E-state index is -0.448. The molecule has 2 aliphatic rings. The first-order valence-electron chi connectivity index (χ1n) is 8.37.